The van der Waals surface area contributed by atoms with Crippen molar-refractivity contribution in [1.82, 2.24) is 14.1 Å². The number of aromatic nitrogens is 2. The van der Waals surface area contributed by atoms with Crippen LogP contribution in [0.25, 0.3) is 0 Å². The second kappa shape index (κ2) is 5.87. The highest BCUT2D eigenvalue weighted by atomic mass is 32.2. The molecule has 21 heavy (non-hydrogen) atoms. The molecule has 0 spiro atoms. The number of rotatable bonds is 5. The number of nitrogens with one attached hydrogen (secondary N) is 1. The van der Waals surface area contributed by atoms with Gasteiger partial charge in [-0.1, -0.05) is 6.07 Å². The quantitative estimate of drug-likeness (QED) is 0.915. The molecule has 0 radical (unpaired) electrons. The molecule has 0 aliphatic carbocycles. The number of benzene rings is 1. The van der Waals surface area contributed by atoms with Gasteiger partial charge in [0.25, 0.3) is 0 Å². The molecular weight excluding hydrogens is 288 g/mol. The Morgan fingerprint density at radius 2 is 2.00 bits per heavy atom. The van der Waals surface area contributed by atoms with E-state index in [0.717, 1.165) is 11.4 Å². The van der Waals surface area contributed by atoms with Crippen molar-refractivity contribution in [2.75, 3.05) is 19.4 Å². The van der Waals surface area contributed by atoms with E-state index in [-0.39, 0.29) is 10.9 Å². The van der Waals surface area contributed by atoms with E-state index in [9.17, 15) is 8.42 Å². The summed E-state index contributed by atoms with van der Waals surface area (Å²) in [4.78, 5) is 0.273. The minimum absolute atomic E-state index is 0.0230. The van der Waals surface area contributed by atoms with Gasteiger partial charge in [-0.25, -0.2) is 12.7 Å². The fourth-order valence-corrected chi connectivity index (χ4v) is 3.04. The molecule has 1 aromatic carbocycles. The molecule has 1 unspecified atom stereocenters. The van der Waals surface area contributed by atoms with Crippen molar-refractivity contribution >= 4 is 15.7 Å². The molecule has 0 saturated carbocycles. The first-order chi connectivity index (χ1) is 9.82. The zero-order valence-electron chi connectivity index (χ0n) is 12.6. The maximum Gasteiger partial charge on any atom is 0.242 e. The Balaban J connectivity index is 2.25. The van der Waals surface area contributed by atoms with E-state index in [0.29, 0.717) is 0 Å². The van der Waals surface area contributed by atoms with Crippen LogP contribution in [0.2, 0.25) is 0 Å². The fraction of sp³-hybridized carbons (Fsp3) is 0.357. The molecule has 0 aliphatic rings. The Morgan fingerprint density at radius 1 is 1.29 bits per heavy atom. The number of sulfonamides is 1. The zero-order valence-corrected chi connectivity index (χ0v) is 13.4. The van der Waals surface area contributed by atoms with Gasteiger partial charge in [-0.2, -0.15) is 5.10 Å². The third kappa shape index (κ3) is 3.25. The highest BCUT2D eigenvalue weighted by Crippen LogP contribution is 2.22. The third-order valence-electron chi connectivity index (χ3n) is 3.30. The minimum Gasteiger partial charge on any atom is -0.377 e. The summed E-state index contributed by atoms with van der Waals surface area (Å²) < 4.78 is 27.3. The predicted octanol–water partition coefficient (Wildman–Crippen LogP) is 1.84. The third-order valence-corrected chi connectivity index (χ3v) is 5.11. The normalized spacial score (nSPS) is 13.4. The Hall–Kier alpha value is -1.86. The molecule has 1 heterocycles. The molecule has 1 aromatic heterocycles. The van der Waals surface area contributed by atoms with Crippen LogP contribution < -0.4 is 5.32 Å². The van der Waals surface area contributed by atoms with Crippen molar-refractivity contribution in [2.24, 2.45) is 7.05 Å². The van der Waals surface area contributed by atoms with Crippen LogP contribution in [0, 0.1) is 0 Å². The van der Waals surface area contributed by atoms with Crippen LogP contribution in [0.15, 0.2) is 41.4 Å². The van der Waals surface area contributed by atoms with Gasteiger partial charge in [0.1, 0.15) is 0 Å². The lowest BCUT2D eigenvalue weighted by atomic mass is 10.2. The number of nitrogens with zero attached hydrogens (tertiary/aromatic N) is 3. The maximum atomic E-state index is 12.1. The first-order valence-corrected chi connectivity index (χ1v) is 8.03. The standard InChI is InChI=1S/C14H20N4O2S/c1-11(14-8-9-15-18(14)4)16-12-6-5-7-13(10-12)21(19,20)17(2)3/h5-11,16H,1-4H3. The second-order valence-corrected chi connectivity index (χ2v) is 7.21. The highest BCUT2D eigenvalue weighted by molar-refractivity contribution is 7.89. The monoisotopic (exact) mass is 308 g/mol. The van der Waals surface area contributed by atoms with Crippen LogP contribution in [0.5, 0.6) is 0 Å². The molecule has 0 fully saturated rings. The molecule has 1 N–H and O–H groups in total. The number of hydrogen-bond donors (Lipinski definition) is 1. The Kier molecular flexibility index (Phi) is 4.34. The van der Waals surface area contributed by atoms with E-state index < -0.39 is 10.0 Å². The molecular formula is C14H20N4O2S. The first-order valence-electron chi connectivity index (χ1n) is 6.59. The summed E-state index contributed by atoms with van der Waals surface area (Å²) in [6.07, 6.45) is 1.74. The average molecular weight is 308 g/mol. The van der Waals surface area contributed by atoms with Crippen LogP contribution >= 0.6 is 0 Å². The number of aryl methyl sites for hydroxylation is 1. The molecule has 7 heteroatoms. The molecule has 0 aliphatic heterocycles. The summed E-state index contributed by atoms with van der Waals surface area (Å²) in [6.45, 7) is 2.00. The molecule has 0 amide bonds. The molecule has 2 aromatic rings. The van der Waals surface area contributed by atoms with E-state index in [4.69, 9.17) is 0 Å². The highest BCUT2D eigenvalue weighted by Gasteiger charge is 2.18. The maximum absolute atomic E-state index is 12.1. The summed E-state index contributed by atoms with van der Waals surface area (Å²) in [5.74, 6) is 0. The first kappa shape index (κ1) is 15.5. The van der Waals surface area contributed by atoms with Crippen molar-refractivity contribution in [3.05, 3.63) is 42.2 Å². The topological polar surface area (TPSA) is 67.2 Å². The smallest absolute Gasteiger partial charge is 0.242 e. The molecule has 2 rings (SSSR count). The van der Waals surface area contributed by atoms with Gasteiger partial charge in [0.05, 0.1) is 16.6 Å². The Morgan fingerprint density at radius 3 is 2.57 bits per heavy atom. The summed E-state index contributed by atoms with van der Waals surface area (Å²) in [5, 5.41) is 7.43. The summed E-state index contributed by atoms with van der Waals surface area (Å²) in [7, 11) is 1.50. The van der Waals surface area contributed by atoms with Crippen molar-refractivity contribution in [2.45, 2.75) is 17.9 Å². The van der Waals surface area contributed by atoms with E-state index >= 15 is 0 Å². The fourth-order valence-electron chi connectivity index (χ4n) is 2.09. The predicted molar refractivity (Wildman–Crippen MR) is 82.6 cm³/mol. The largest absolute Gasteiger partial charge is 0.377 e. The second-order valence-electron chi connectivity index (χ2n) is 5.06. The molecule has 0 bridgehead atoms. The van der Waals surface area contributed by atoms with Crippen LogP contribution in [-0.2, 0) is 17.1 Å². The zero-order chi connectivity index (χ0) is 15.6. The van der Waals surface area contributed by atoms with Gasteiger partial charge in [0, 0.05) is 33.0 Å². The van der Waals surface area contributed by atoms with Crippen LogP contribution in [-0.4, -0.2) is 36.6 Å². The van der Waals surface area contributed by atoms with E-state index in [1.165, 1.54) is 18.4 Å². The van der Waals surface area contributed by atoms with Crippen LogP contribution in [0.4, 0.5) is 5.69 Å². The van der Waals surface area contributed by atoms with Crippen molar-refractivity contribution < 1.29 is 8.42 Å². The van der Waals surface area contributed by atoms with E-state index in [2.05, 4.69) is 10.4 Å². The lowest BCUT2D eigenvalue weighted by Gasteiger charge is -2.17. The van der Waals surface area contributed by atoms with Gasteiger partial charge in [-0.3, -0.25) is 4.68 Å². The van der Waals surface area contributed by atoms with Gasteiger partial charge >= 0.3 is 0 Å². The van der Waals surface area contributed by atoms with Gasteiger partial charge in [-0.05, 0) is 31.2 Å². The average Bonchev–Trinajstić information content (AvgIpc) is 2.85. The van der Waals surface area contributed by atoms with E-state index in [1.54, 1.807) is 29.1 Å². The SMILES string of the molecule is CC(Nc1cccc(S(=O)(=O)N(C)C)c1)c1ccnn1C. The number of hydrogen-bond acceptors (Lipinski definition) is 4. The van der Waals surface area contributed by atoms with Gasteiger partial charge in [0.2, 0.25) is 10.0 Å². The molecule has 114 valence electrons. The van der Waals surface area contributed by atoms with Crippen LogP contribution in [0.1, 0.15) is 18.7 Å². The summed E-state index contributed by atoms with van der Waals surface area (Å²) in [6, 6.07) is 8.76. The van der Waals surface area contributed by atoms with E-state index in [1.807, 2.05) is 26.1 Å². The van der Waals surface area contributed by atoms with Crippen LogP contribution in [0.3, 0.4) is 0 Å². The Bertz CT molecular complexity index is 722. The Labute approximate surface area is 125 Å². The molecule has 6 nitrogen and oxygen atoms in total. The minimum atomic E-state index is -3.42. The molecule has 1 atom stereocenters. The summed E-state index contributed by atoms with van der Waals surface area (Å²) in [5.41, 5.74) is 1.78. The van der Waals surface area contributed by atoms with Gasteiger partial charge < -0.3 is 5.32 Å². The lowest BCUT2D eigenvalue weighted by molar-refractivity contribution is 0.521. The number of anilines is 1. The van der Waals surface area contributed by atoms with Gasteiger partial charge in [-0.15, -0.1) is 0 Å². The van der Waals surface area contributed by atoms with Gasteiger partial charge in [0.15, 0.2) is 0 Å². The van der Waals surface area contributed by atoms with Crippen molar-refractivity contribution in [3.63, 3.8) is 0 Å². The molecule has 0 saturated heterocycles. The lowest BCUT2D eigenvalue weighted by Crippen LogP contribution is -2.22. The summed E-state index contributed by atoms with van der Waals surface area (Å²) >= 11 is 0. The van der Waals surface area contributed by atoms with Crippen molar-refractivity contribution in [1.29, 1.82) is 0 Å². The van der Waals surface area contributed by atoms with Crippen molar-refractivity contribution in [3.8, 4) is 0 Å².